The third-order valence-corrected chi connectivity index (χ3v) is 3.29. The minimum atomic E-state index is -0.770. The predicted molar refractivity (Wildman–Crippen MR) is 89.1 cm³/mol. The standard InChI is InChI=1S/C16H14N2O8/c1-24-15-4-2-3-11(10-19)16(15)26-8-7-25-14-6-5-12(17(20)21)9-13(14)18(22)23/h2-6,9-10H,7-8H2,1H3. The summed E-state index contributed by atoms with van der Waals surface area (Å²) < 4.78 is 15.9. The van der Waals surface area contributed by atoms with E-state index in [1.807, 2.05) is 0 Å². The van der Waals surface area contributed by atoms with E-state index in [1.165, 1.54) is 7.11 Å². The number of aldehydes is 1. The first-order valence-electron chi connectivity index (χ1n) is 7.28. The molecule has 0 heterocycles. The summed E-state index contributed by atoms with van der Waals surface area (Å²) in [5.41, 5.74) is -0.652. The number of hydrogen-bond acceptors (Lipinski definition) is 8. The van der Waals surface area contributed by atoms with Gasteiger partial charge in [0.2, 0.25) is 0 Å². The number of methoxy groups -OCH3 is 1. The zero-order chi connectivity index (χ0) is 19.1. The quantitative estimate of drug-likeness (QED) is 0.288. The van der Waals surface area contributed by atoms with E-state index in [2.05, 4.69) is 0 Å². The number of carbonyl (C=O) groups is 1. The van der Waals surface area contributed by atoms with Gasteiger partial charge in [-0.15, -0.1) is 0 Å². The predicted octanol–water partition coefficient (Wildman–Crippen LogP) is 2.78. The summed E-state index contributed by atoms with van der Waals surface area (Å²) in [4.78, 5) is 31.3. The molecule has 0 atom stereocenters. The highest BCUT2D eigenvalue weighted by Crippen LogP contribution is 2.32. The van der Waals surface area contributed by atoms with E-state index < -0.39 is 21.2 Å². The maximum atomic E-state index is 11.1. The summed E-state index contributed by atoms with van der Waals surface area (Å²) in [6, 6.07) is 7.87. The van der Waals surface area contributed by atoms with Crippen LogP contribution in [0, 0.1) is 20.2 Å². The molecule has 26 heavy (non-hydrogen) atoms. The lowest BCUT2D eigenvalue weighted by molar-refractivity contribution is -0.394. The Morgan fingerprint density at radius 1 is 1.00 bits per heavy atom. The van der Waals surface area contributed by atoms with Crippen LogP contribution in [-0.2, 0) is 0 Å². The molecule has 10 nitrogen and oxygen atoms in total. The van der Waals surface area contributed by atoms with Crippen molar-refractivity contribution in [2.24, 2.45) is 0 Å². The summed E-state index contributed by atoms with van der Waals surface area (Å²) in [7, 11) is 1.42. The first-order valence-corrected chi connectivity index (χ1v) is 7.28. The molecule has 0 saturated heterocycles. The van der Waals surface area contributed by atoms with Crippen molar-refractivity contribution in [1.29, 1.82) is 0 Å². The molecule has 0 aliphatic heterocycles. The van der Waals surface area contributed by atoms with E-state index in [0.29, 0.717) is 12.0 Å². The Kier molecular flexibility index (Phi) is 6.04. The Morgan fingerprint density at radius 3 is 2.35 bits per heavy atom. The zero-order valence-corrected chi connectivity index (χ0v) is 13.6. The SMILES string of the molecule is COc1cccc(C=O)c1OCCOc1ccc([N+](=O)[O-])cc1[N+](=O)[O-]. The highest BCUT2D eigenvalue weighted by Gasteiger charge is 2.20. The molecule has 0 bridgehead atoms. The fourth-order valence-corrected chi connectivity index (χ4v) is 2.12. The second-order valence-electron chi connectivity index (χ2n) is 4.86. The molecular weight excluding hydrogens is 348 g/mol. The molecule has 136 valence electrons. The van der Waals surface area contributed by atoms with Gasteiger partial charge in [0.1, 0.15) is 13.2 Å². The molecule has 0 unspecified atom stereocenters. The van der Waals surface area contributed by atoms with E-state index >= 15 is 0 Å². The zero-order valence-electron chi connectivity index (χ0n) is 13.6. The number of hydrogen-bond donors (Lipinski definition) is 0. The Balaban J connectivity index is 2.06. The smallest absolute Gasteiger partial charge is 0.317 e. The van der Waals surface area contributed by atoms with Crippen LogP contribution in [0.4, 0.5) is 11.4 Å². The van der Waals surface area contributed by atoms with Crippen LogP contribution in [0.5, 0.6) is 17.2 Å². The number of non-ortho nitro benzene ring substituents is 1. The molecule has 0 aliphatic rings. The number of rotatable bonds is 9. The second kappa shape index (κ2) is 8.42. The van der Waals surface area contributed by atoms with Gasteiger partial charge in [-0.3, -0.25) is 25.0 Å². The van der Waals surface area contributed by atoms with Gasteiger partial charge in [-0.2, -0.15) is 0 Å². The molecule has 10 heteroatoms. The summed E-state index contributed by atoms with van der Waals surface area (Å²) >= 11 is 0. The normalized spacial score (nSPS) is 10.0. The molecule has 2 rings (SSSR count). The van der Waals surface area contributed by atoms with Gasteiger partial charge in [0.25, 0.3) is 5.69 Å². The van der Waals surface area contributed by atoms with Crippen molar-refractivity contribution >= 4 is 17.7 Å². The number of nitro benzene ring substituents is 2. The lowest BCUT2D eigenvalue weighted by atomic mass is 10.2. The van der Waals surface area contributed by atoms with Crippen LogP contribution in [0.2, 0.25) is 0 Å². The van der Waals surface area contributed by atoms with Crippen LogP contribution in [-0.4, -0.2) is 36.5 Å². The Bertz CT molecular complexity index is 837. The molecule has 0 saturated carbocycles. The van der Waals surface area contributed by atoms with Gasteiger partial charge >= 0.3 is 5.69 Å². The highest BCUT2D eigenvalue weighted by molar-refractivity contribution is 5.81. The molecule has 0 radical (unpaired) electrons. The van der Waals surface area contributed by atoms with E-state index in [0.717, 1.165) is 18.2 Å². The van der Waals surface area contributed by atoms with Crippen LogP contribution >= 0.6 is 0 Å². The molecule has 2 aromatic carbocycles. The lowest BCUT2D eigenvalue weighted by Crippen LogP contribution is -2.11. The highest BCUT2D eigenvalue weighted by atomic mass is 16.6. The number of benzene rings is 2. The topological polar surface area (TPSA) is 131 Å². The number of nitro groups is 2. The van der Waals surface area contributed by atoms with Crippen molar-refractivity contribution in [3.63, 3.8) is 0 Å². The summed E-state index contributed by atoms with van der Waals surface area (Å²) in [6.45, 7) is -0.121. The number of nitrogens with zero attached hydrogens (tertiary/aromatic N) is 2. The molecule has 0 amide bonds. The monoisotopic (exact) mass is 362 g/mol. The molecule has 0 aliphatic carbocycles. The van der Waals surface area contributed by atoms with Crippen LogP contribution in [0.15, 0.2) is 36.4 Å². The summed E-state index contributed by atoms with van der Waals surface area (Å²) in [6.07, 6.45) is 0.611. The van der Waals surface area contributed by atoms with Crippen LogP contribution < -0.4 is 14.2 Å². The fourth-order valence-electron chi connectivity index (χ4n) is 2.12. The maximum absolute atomic E-state index is 11.1. The van der Waals surface area contributed by atoms with Crippen molar-refractivity contribution in [2.75, 3.05) is 20.3 Å². The van der Waals surface area contributed by atoms with Gasteiger partial charge in [0.15, 0.2) is 23.5 Å². The Morgan fingerprint density at radius 2 is 1.73 bits per heavy atom. The van der Waals surface area contributed by atoms with Gasteiger partial charge < -0.3 is 14.2 Å². The van der Waals surface area contributed by atoms with Crippen molar-refractivity contribution in [3.8, 4) is 17.2 Å². The van der Waals surface area contributed by atoms with Gasteiger partial charge in [0.05, 0.1) is 28.6 Å². The number of carbonyl (C=O) groups excluding carboxylic acids is 1. The van der Waals surface area contributed by atoms with Crippen molar-refractivity contribution in [2.45, 2.75) is 0 Å². The Labute approximate surface area is 147 Å². The first-order chi connectivity index (χ1) is 12.5. The average Bonchev–Trinajstić information content (AvgIpc) is 2.64. The summed E-state index contributed by atoms with van der Waals surface area (Å²) in [5, 5.41) is 21.7. The average molecular weight is 362 g/mol. The number of para-hydroxylation sites is 1. The molecular formula is C16H14N2O8. The minimum Gasteiger partial charge on any atom is -0.493 e. The first kappa shape index (κ1) is 18.6. The van der Waals surface area contributed by atoms with E-state index in [-0.39, 0.29) is 30.3 Å². The second-order valence-corrected chi connectivity index (χ2v) is 4.86. The van der Waals surface area contributed by atoms with Crippen molar-refractivity contribution in [3.05, 3.63) is 62.2 Å². The van der Waals surface area contributed by atoms with E-state index in [4.69, 9.17) is 14.2 Å². The molecule has 0 spiro atoms. The van der Waals surface area contributed by atoms with Crippen LogP contribution in [0.25, 0.3) is 0 Å². The third kappa shape index (κ3) is 4.23. The van der Waals surface area contributed by atoms with Crippen molar-refractivity contribution in [1.82, 2.24) is 0 Å². The maximum Gasteiger partial charge on any atom is 0.317 e. The third-order valence-electron chi connectivity index (χ3n) is 3.29. The molecule has 2 aromatic rings. The number of ether oxygens (including phenoxy) is 3. The molecule has 0 aromatic heterocycles. The van der Waals surface area contributed by atoms with E-state index in [1.54, 1.807) is 18.2 Å². The van der Waals surface area contributed by atoms with E-state index in [9.17, 15) is 25.0 Å². The van der Waals surface area contributed by atoms with Gasteiger partial charge in [-0.05, 0) is 18.2 Å². The molecule has 0 N–H and O–H groups in total. The largest absolute Gasteiger partial charge is 0.493 e. The van der Waals surface area contributed by atoms with Gasteiger partial charge in [-0.1, -0.05) is 6.07 Å². The van der Waals surface area contributed by atoms with Gasteiger partial charge in [0, 0.05) is 6.07 Å². The van der Waals surface area contributed by atoms with Gasteiger partial charge in [-0.25, -0.2) is 0 Å². The van der Waals surface area contributed by atoms with Crippen LogP contribution in [0.3, 0.4) is 0 Å². The summed E-state index contributed by atoms with van der Waals surface area (Å²) in [5.74, 6) is 0.461. The van der Waals surface area contributed by atoms with Crippen LogP contribution in [0.1, 0.15) is 10.4 Å². The minimum absolute atomic E-state index is 0.0324. The van der Waals surface area contributed by atoms with Crippen molar-refractivity contribution < 1.29 is 28.9 Å². The lowest BCUT2D eigenvalue weighted by Gasteiger charge is -2.13. The Hall–Kier alpha value is -3.69. The fraction of sp³-hybridized carbons (Fsp3) is 0.188. The molecule has 0 fully saturated rings.